The molecule has 1 amide bonds. The molecule has 2 saturated carbocycles. The second-order valence-electron chi connectivity index (χ2n) is 8.60. The molecule has 4 N–H and O–H groups in total. The number of halogens is 6. The van der Waals surface area contributed by atoms with Crippen LogP contribution in [0, 0.1) is 11.8 Å². The van der Waals surface area contributed by atoms with Crippen LogP contribution in [0.15, 0.2) is 18.2 Å². The van der Waals surface area contributed by atoms with Gasteiger partial charge in [0.05, 0.1) is 17.4 Å². The monoisotopic (exact) mass is 451 g/mol. The van der Waals surface area contributed by atoms with Crippen molar-refractivity contribution in [3.63, 3.8) is 0 Å². The smallest absolute Gasteiger partial charge is 0.391 e. The van der Waals surface area contributed by atoms with Gasteiger partial charge >= 0.3 is 12.4 Å². The molecular weight excluding hydrogens is 424 g/mol. The minimum Gasteiger partial charge on any atom is -0.399 e. The lowest BCUT2D eigenvalue weighted by Crippen LogP contribution is -2.40. The summed E-state index contributed by atoms with van der Waals surface area (Å²) in [5, 5.41) is 5.95. The topological polar surface area (TPSA) is 67.1 Å². The van der Waals surface area contributed by atoms with Gasteiger partial charge in [-0.2, -0.15) is 26.3 Å². The van der Waals surface area contributed by atoms with Gasteiger partial charge in [0.1, 0.15) is 0 Å². The molecule has 0 aliphatic heterocycles. The molecular formula is C21H27F6N3O. The van der Waals surface area contributed by atoms with Crippen LogP contribution in [0.2, 0.25) is 0 Å². The summed E-state index contributed by atoms with van der Waals surface area (Å²) in [7, 11) is 0. The molecule has 0 aromatic heterocycles. The van der Waals surface area contributed by atoms with E-state index < -0.39 is 30.1 Å². The van der Waals surface area contributed by atoms with E-state index in [0.717, 1.165) is 0 Å². The SMILES string of the molecule is Nc1ccc(NC2CCC(C(F)(F)F)CC2)c(C(=O)NC2CCC(C(F)(F)F)CC2)c1. The second kappa shape index (κ2) is 9.16. The lowest BCUT2D eigenvalue weighted by Gasteiger charge is -2.32. The molecule has 0 heterocycles. The van der Waals surface area contributed by atoms with Gasteiger partial charge in [0.2, 0.25) is 0 Å². The molecule has 0 radical (unpaired) electrons. The van der Waals surface area contributed by atoms with Crippen molar-refractivity contribution in [1.29, 1.82) is 0 Å². The predicted molar refractivity (Wildman–Crippen MR) is 106 cm³/mol. The van der Waals surface area contributed by atoms with Crippen LogP contribution in [0.5, 0.6) is 0 Å². The van der Waals surface area contributed by atoms with Gasteiger partial charge < -0.3 is 16.4 Å². The predicted octanol–water partition coefficient (Wildman–Crippen LogP) is 5.65. The van der Waals surface area contributed by atoms with Crippen LogP contribution in [0.4, 0.5) is 37.7 Å². The van der Waals surface area contributed by atoms with Crippen molar-refractivity contribution in [3.05, 3.63) is 23.8 Å². The van der Waals surface area contributed by atoms with Crippen molar-refractivity contribution in [2.45, 2.75) is 75.8 Å². The van der Waals surface area contributed by atoms with Gasteiger partial charge in [-0.05, 0) is 69.6 Å². The van der Waals surface area contributed by atoms with Gasteiger partial charge in [-0.1, -0.05) is 0 Å². The number of carbonyl (C=O) groups excluding carboxylic acids is 1. The van der Waals surface area contributed by atoms with Gasteiger partial charge in [-0.25, -0.2) is 0 Å². The average Bonchev–Trinajstić information content (AvgIpc) is 2.69. The lowest BCUT2D eigenvalue weighted by atomic mass is 9.85. The van der Waals surface area contributed by atoms with Gasteiger partial charge in [-0.3, -0.25) is 4.79 Å². The van der Waals surface area contributed by atoms with Gasteiger partial charge in [0, 0.05) is 23.5 Å². The van der Waals surface area contributed by atoms with Gasteiger partial charge in [0.15, 0.2) is 0 Å². The first-order valence-electron chi connectivity index (χ1n) is 10.5. The summed E-state index contributed by atoms with van der Waals surface area (Å²) in [5.74, 6) is -3.09. The summed E-state index contributed by atoms with van der Waals surface area (Å²) in [6.07, 6.45) is -7.27. The van der Waals surface area contributed by atoms with Crippen molar-refractivity contribution >= 4 is 17.3 Å². The van der Waals surface area contributed by atoms with Gasteiger partial charge in [-0.15, -0.1) is 0 Å². The summed E-state index contributed by atoms with van der Waals surface area (Å²) in [6, 6.07) is 4.12. The maximum atomic E-state index is 12.9. The van der Waals surface area contributed by atoms with E-state index in [1.165, 1.54) is 6.07 Å². The number of hydrogen-bond donors (Lipinski definition) is 3. The number of benzene rings is 1. The number of anilines is 2. The third-order valence-electron chi connectivity index (χ3n) is 6.36. The number of amides is 1. The number of rotatable bonds is 4. The van der Waals surface area contributed by atoms with Crippen LogP contribution in [0.25, 0.3) is 0 Å². The van der Waals surface area contributed by atoms with Crippen molar-refractivity contribution < 1.29 is 31.1 Å². The van der Waals surface area contributed by atoms with E-state index in [2.05, 4.69) is 10.6 Å². The molecule has 2 fully saturated rings. The Kier molecular flexibility index (Phi) is 6.95. The average molecular weight is 451 g/mol. The summed E-state index contributed by atoms with van der Waals surface area (Å²) >= 11 is 0. The van der Waals surface area contributed by atoms with Crippen LogP contribution < -0.4 is 16.4 Å². The molecule has 0 bridgehead atoms. The quantitative estimate of drug-likeness (QED) is 0.409. The highest BCUT2D eigenvalue weighted by molar-refractivity contribution is 6.00. The highest BCUT2D eigenvalue weighted by atomic mass is 19.4. The zero-order valence-electron chi connectivity index (χ0n) is 17.0. The highest BCUT2D eigenvalue weighted by Crippen LogP contribution is 2.39. The Labute approximate surface area is 176 Å². The Morgan fingerprint density at radius 3 is 1.77 bits per heavy atom. The van der Waals surface area contributed by atoms with E-state index in [1.807, 2.05) is 0 Å². The molecule has 0 saturated heterocycles. The maximum Gasteiger partial charge on any atom is 0.391 e. The lowest BCUT2D eigenvalue weighted by molar-refractivity contribution is -0.183. The second-order valence-corrected chi connectivity index (χ2v) is 8.60. The molecule has 4 nitrogen and oxygen atoms in total. The maximum absolute atomic E-state index is 12.9. The number of nitrogens with one attached hydrogen (secondary N) is 2. The van der Waals surface area contributed by atoms with Crippen LogP contribution in [-0.2, 0) is 0 Å². The largest absolute Gasteiger partial charge is 0.399 e. The third-order valence-corrected chi connectivity index (χ3v) is 6.36. The highest BCUT2D eigenvalue weighted by Gasteiger charge is 2.42. The van der Waals surface area contributed by atoms with E-state index in [-0.39, 0.29) is 56.2 Å². The van der Waals surface area contributed by atoms with Crippen molar-refractivity contribution in [2.24, 2.45) is 11.8 Å². The molecule has 174 valence electrons. The Morgan fingerprint density at radius 1 is 0.806 bits per heavy atom. The first kappa shape index (κ1) is 23.5. The van der Waals surface area contributed by atoms with Crippen LogP contribution in [-0.4, -0.2) is 30.3 Å². The molecule has 1 aromatic carbocycles. The number of alkyl halides is 6. The van der Waals surface area contributed by atoms with Crippen LogP contribution in [0.3, 0.4) is 0 Å². The molecule has 0 spiro atoms. The van der Waals surface area contributed by atoms with E-state index in [1.54, 1.807) is 12.1 Å². The van der Waals surface area contributed by atoms with Crippen molar-refractivity contribution in [1.82, 2.24) is 5.32 Å². The Bertz CT molecular complexity index is 763. The zero-order chi connectivity index (χ0) is 22.8. The van der Waals surface area contributed by atoms with Crippen molar-refractivity contribution in [2.75, 3.05) is 11.1 Å². The normalized spacial score (nSPS) is 27.5. The van der Waals surface area contributed by atoms with Crippen LogP contribution in [0.1, 0.15) is 61.7 Å². The molecule has 10 heteroatoms. The fraction of sp³-hybridized carbons (Fsp3) is 0.667. The fourth-order valence-corrected chi connectivity index (χ4v) is 4.49. The molecule has 2 aliphatic carbocycles. The first-order valence-corrected chi connectivity index (χ1v) is 10.5. The fourth-order valence-electron chi connectivity index (χ4n) is 4.49. The number of hydrogen-bond acceptors (Lipinski definition) is 3. The molecule has 0 unspecified atom stereocenters. The summed E-state index contributed by atoms with van der Waals surface area (Å²) in [6.45, 7) is 0. The van der Waals surface area contributed by atoms with E-state index in [0.29, 0.717) is 24.2 Å². The zero-order valence-corrected chi connectivity index (χ0v) is 17.0. The van der Waals surface area contributed by atoms with E-state index in [9.17, 15) is 31.1 Å². The molecule has 1 aromatic rings. The summed E-state index contributed by atoms with van der Waals surface area (Å²) in [5.41, 5.74) is 6.86. The molecule has 0 atom stereocenters. The summed E-state index contributed by atoms with van der Waals surface area (Å²) in [4.78, 5) is 12.8. The van der Waals surface area contributed by atoms with Crippen molar-refractivity contribution in [3.8, 4) is 0 Å². The first-order chi connectivity index (χ1) is 14.4. The Balaban J connectivity index is 1.61. The number of nitrogen functional groups attached to an aromatic ring is 1. The van der Waals surface area contributed by atoms with Gasteiger partial charge in [0.25, 0.3) is 5.91 Å². The van der Waals surface area contributed by atoms with E-state index in [4.69, 9.17) is 5.73 Å². The number of nitrogens with two attached hydrogens (primary N) is 1. The standard InChI is InChI=1S/C21H27F6N3O/c22-20(23,24)12-1-6-15(7-2-12)29-18-10-5-14(28)11-17(18)19(31)30-16-8-3-13(4-9-16)21(25,26)27/h5,10-13,15-16,29H,1-4,6-9,28H2,(H,30,31). The third kappa shape index (κ3) is 6.20. The Hall–Kier alpha value is -2.13. The minimum absolute atomic E-state index is 0.0279. The van der Waals surface area contributed by atoms with E-state index >= 15 is 0 Å². The summed E-state index contributed by atoms with van der Waals surface area (Å²) < 4.78 is 77.1. The molecule has 31 heavy (non-hydrogen) atoms. The molecule has 2 aliphatic rings. The van der Waals surface area contributed by atoms with Crippen LogP contribution >= 0.6 is 0 Å². The number of carbonyl (C=O) groups is 1. The molecule has 3 rings (SSSR count). The Morgan fingerprint density at radius 2 is 1.29 bits per heavy atom. The minimum atomic E-state index is -4.22.